The summed E-state index contributed by atoms with van der Waals surface area (Å²) in [4.78, 5) is 16.7. The van der Waals surface area contributed by atoms with Gasteiger partial charge in [-0.25, -0.2) is 0 Å². The molecule has 2 aromatic carbocycles. The number of hydrogen-bond donors (Lipinski definition) is 1. The maximum atomic E-state index is 12.3. The van der Waals surface area contributed by atoms with Crippen molar-refractivity contribution in [2.45, 2.75) is 26.8 Å². The molecule has 3 rings (SSSR count). The molecule has 0 aliphatic heterocycles. The van der Waals surface area contributed by atoms with Crippen LogP contribution in [0.3, 0.4) is 0 Å². The van der Waals surface area contributed by atoms with E-state index in [2.05, 4.69) is 15.5 Å². The van der Waals surface area contributed by atoms with Gasteiger partial charge in [0.2, 0.25) is 11.7 Å². The van der Waals surface area contributed by atoms with E-state index in [0.29, 0.717) is 17.3 Å². The number of carbonyl (C=O) groups excluding carboxylic acids is 1. The molecule has 0 saturated carbocycles. The molecular formula is C19H19N3O2. The van der Waals surface area contributed by atoms with Crippen LogP contribution < -0.4 is 5.32 Å². The molecule has 0 saturated heterocycles. The quantitative estimate of drug-likeness (QED) is 0.792. The van der Waals surface area contributed by atoms with E-state index in [1.165, 1.54) is 0 Å². The van der Waals surface area contributed by atoms with Crippen molar-refractivity contribution >= 4 is 5.91 Å². The number of rotatable bonds is 4. The van der Waals surface area contributed by atoms with Crippen molar-refractivity contribution in [1.29, 1.82) is 0 Å². The molecule has 0 aliphatic carbocycles. The molecule has 1 aromatic heterocycles. The molecule has 0 unspecified atom stereocenters. The lowest BCUT2D eigenvalue weighted by atomic mass is 10.1. The first-order chi connectivity index (χ1) is 11.5. The van der Waals surface area contributed by atoms with Gasteiger partial charge in [-0.2, -0.15) is 4.98 Å². The lowest BCUT2D eigenvalue weighted by Gasteiger charge is -2.09. The fourth-order valence-electron chi connectivity index (χ4n) is 2.36. The number of nitrogens with one attached hydrogen (secondary N) is 1. The van der Waals surface area contributed by atoms with Crippen LogP contribution >= 0.6 is 0 Å². The van der Waals surface area contributed by atoms with Gasteiger partial charge in [-0.3, -0.25) is 4.79 Å². The Labute approximate surface area is 140 Å². The van der Waals surface area contributed by atoms with Gasteiger partial charge in [0.15, 0.2) is 0 Å². The maximum absolute atomic E-state index is 12.3. The minimum absolute atomic E-state index is 0.169. The number of aromatic nitrogens is 2. The van der Waals surface area contributed by atoms with Crippen LogP contribution in [0.25, 0.3) is 11.4 Å². The van der Waals surface area contributed by atoms with Gasteiger partial charge in [0, 0.05) is 11.1 Å². The van der Waals surface area contributed by atoms with E-state index in [9.17, 15) is 4.79 Å². The number of aryl methyl sites for hydroxylation is 2. The number of carbonyl (C=O) groups is 1. The normalized spacial score (nSPS) is 12.0. The number of nitrogens with zero attached hydrogens (tertiary/aromatic N) is 2. The Bertz CT molecular complexity index is 853. The van der Waals surface area contributed by atoms with E-state index in [1.807, 2.05) is 57.2 Å². The standard InChI is InChI=1S/C19H19N3O2/c1-12-7-9-15(10-8-12)18(23)20-14(3)19-21-17(22-24-19)16-6-4-5-13(2)11-16/h4-11,14H,1-3H3,(H,20,23)/t14-/m1/s1. The number of benzene rings is 2. The molecule has 24 heavy (non-hydrogen) atoms. The Morgan fingerprint density at radius 2 is 1.83 bits per heavy atom. The first-order valence-corrected chi connectivity index (χ1v) is 7.81. The molecular weight excluding hydrogens is 302 g/mol. The largest absolute Gasteiger partial charge is 0.341 e. The summed E-state index contributed by atoms with van der Waals surface area (Å²) in [6.45, 7) is 5.81. The van der Waals surface area contributed by atoms with Crippen molar-refractivity contribution in [3.05, 3.63) is 71.1 Å². The topological polar surface area (TPSA) is 68.0 Å². The van der Waals surface area contributed by atoms with Crippen molar-refractivity contribution in [3.63, 3.8) is 0 Å². The summed E-state index contributed by atoms with van der Waals surface area (Å²) in [7, 11) is 0. The first kappa shape index (κ1) is 15.9. The van der Waals surface area contributed by atoms with E-state index >= 15 is 0 Å². The molecule has 0 aliphatic rings. The SMILES string of the molecule is Cc1ccc(C(=O)N[C@H](C)c2nc(-c3cccc(C)c3)no2)cc1. The zero-order chi connectivity index (χ0) is 17.1. The van der Waals surface area contributed by atoms with Crippen LogP contribution in [0, 0.1) is 13.8 Å². The highest BCUT2D eigenvalue weighted by Crippen LogP contribution is 2.19. The molecule has 0 radical (unpaired) electrons. The van der Waals surface area contributed by atoms with Crippen LogP contribution in [-0.4, -0.2) is 16.0 Å². The second-order valence-electron chi connectivity index (χ2n) is 5.89. The van der Waals surface area contributed by atoms with Gasteiger partial charge in [0.25, 0.3) is 5.91 Å². The van der Waals surface area contributed by atoms with E-state index in [4.69, 9.17) is 4.52 Å². The van der Waals surface area contributed by atoms with Crippen LogP contribution in [-0.2, 0) is 0 Å². The molecule has 1 N–H and O–H groups in total. The summed E-state index contributed by atoms with van der Waals surface area (Å²) in [6, 6.07) is 14.9. The third-order valence-corrected chi connectivity index (χ3v) is 3.75. The lowest BCUT2D eigenvalue weighted by Crippen LogP contribution is -2.26. The molecule has 0 bridgehead atoms. The predicted octanol–water partition coefficient (Wildman–Crippen LogP) is 3.84. The van der Waals surface area contributed by atoms with E-state index in [-0.39, 0.29) is 11.9 Å². The summed E-state index contributed by atoms with van der Waals surface area (Å²) >= 11 is 0. The smallest absolute Gasteiger partial charge is 0.251 e. The maximum Gasteiger partial charge on any atom is 0.251 e. The number of hydrogen-bond acceptors (Lipinski definition) is 4. The van der Waals surface area contributed by atoms with Gasteiger partial charge >= 0.3 is 0 Å². The summed E-state index contributed by atoms with van der Waals surface area (Å²) in [5.74, 6) is 0.731. The highest BCUT2D eigenvalue weighted by Gasteiger charge is 2.18. The highest BCUT2D eigenvalue weighted by atomic mass is 16.5. The van der Waals surface area contributed by atoms with Crippen molar-refractivity contribution in [1.82, 2.24) is 15.5 Å². The van der Waals surface area contributed by atoms with Gasteiger partial charge < -0.3 is 9.84 Å². The van der Waals surface area contributed by atoms with Crippen molar-refractivity contribution in [3.8, 4) is 11.4 Å². The van der Waals surface area contributed by atoms with Crippen LogP contribution in [0.4, 0.5) is 0 Å². The summed E-state index contributed by atoms with van der Waals surface area (Å²) in [5.41, 5.74) is 3.73. The molecule has 1 heterocycles. The summed E-state index contributed by atoms with van der Waals surface area (Å²) < 4.78 is 5.30. The minimum Gasteiger partial charge on any atom is -0.341 e. The second-order valence-corrected chi connectivity index (χ2v) is 5.89. The van der Waals surface area contributed by atoms with Gasteiger partial charge in [-0.15, -0.1) is 0 Å². The molecule has 1 atom stereocenters. The Morgan fingerprint density at radius 1 is 1.08 bits per heavy atom. The predicted molar refractivity (Wildman–Crippen MR) is 91.5 cm³/mol. The van der Waals surface area contributed by atoms with Crippen molar-refractivity contribution in [2.24, 2.45) is 0 Å². The molecule has 122 valence electrons. The number of amides is 1. The molecule has 3 aromatic rings. The third kappa shape index (κ3) is 3.51. The van der Waals surface area contributed by atoms with E-state index in [1.54, 1.807) is 12.1 Å². The van der Waals surface area contributed by atoms with Crippen molar-refractivity contribution < 1.29 is 9.32 Å². The fraction of sp³-hybridized carbons (Fsp3) is 0.211. The third-order valence-electron chi connectivity index (χ3n) is 3.75. The zero-order valence-electron chi connectivity index (χ0n) is 13.9. The highest BCUT2D eigenvalue weighted by molar-refractivity contribution is 5.94. The molecule has 0 spiro atoms. The average molecular weight is 321 g/mol. The Kier molecular flexibility index (Phi) is 4.42. The summed E-state index contributed by atoms with van der Waals surface area (Å²) in [6.07, 6.45) is 0. The Balaban J connectivity index is 1.73. The summed E-state index contributed by atoms with van der Waals surface area (Å²) in [5, 5.41) is 6.88. The minimum atomic E-state index is -0.370. The van der Waals surface area contributed by atoms with Gasteiger partial charge in [-0.1, -0.05) is 46.6 Å². The Morgan fingerprint density at radius 3 is 2.54 bits per heavy atom. The second kappa shape index (κ2) is 6.66. The average Bonchev–Trinajstić information content (AvgIpc) is 3.05. The van der Waals surface area contributed by atoms with Crippen molar-refractivity contribution in [2.75, 3.05) is 0 Å². The molecule has 1 amide bonds. The zero-order valence-corrected chi connectivity index (χ0v) is 13.9. The van der Waals surface area contributed by atoms with Crippen LogP contribution in [0.5, 0.6) is 0 Å². The molecule has 5 heteroatoms. The van der Waals surface area contributed by atoms with Crippen LogP contribution in [0.15, 0.2) is 53.1 Å². The van der Waals surface area contributed by atoms with E-state index in [0.717, 1.165) is 16.7 Å². The molecule has 0 fully saturated rings. The van der Waals surface area contributed by atoms with Crippen LogP contribution in [0.1, 0.15) is 40.3 Å². The lowest BCUT2D eigenvalue weighted by molar-refractivity contribution is 0.0932. The van der Waals surface area contributed by atoms with Gasteiger partial charge in [-0.05, 0) is 39.0 Å². The van der Waals surface area contributed by atoms with Gasteiger partial charge in [0.05, 0.1) is 0 Å². The first-order valence-electron chi connectivity index (χ1n) is 7.81. The molecule has 5 nitrogen and oxygen atoms in total. The van der Waals surface area contributed by atoms with Crippen LogP contribution in [0.2, 0.25) is 0 Å². The monoisotopic (exact) mass is 321 g/mol. The Hall–Kier alpha value is -2.95. The van der Waals surface area contributed by atoms with E-state index < -0.39 is 0 Å². The van der Waals surface area contributed by atoms with Gasteiger partial charge in [0.1, 0.15) is 6.04 Å². The fourth-order valence-corrected chi connectivity index (χ4v) is 2.36.